The van der Waals surface area contributed by atoms with E-state index in [1.807, 2.05) is 4.90 Å². The van der Waals surface area contributed by atoms with Crippen molar-refractivity contribution in [2.75, 3.05) is 45.9 Å². The standard InChI is InChI=1S/C19H21ClF6N2O2/c20-16-4-3-15(19(24,25)26)12-14(16)2-5-17(29)28-9-7-27(8-10-28)6-1-11-30-13-18(21,22)23/h2-5,12H,1,6-11,13H2/b5-2+. The summed E-state index contributed by atoms with van der Waals surface area (Å²) in [4.78, 5) is 15.9. The first-order valence-electron chi connectivity index (χ1n) is 9.16. The number of alkyl halides is 6. The van der Waals surface area contributed by atoms with Gasteiger partial charge < -0.3 is 9.64 Å². The van der Waals surface area contributed by atoms with E-state index in [1.165, 1.54) is 12.2 Å². The first kappa shape index (κ1) is 24.5. The number of nitrogens with zero attached hydrogens (tertiary/aromatic N) is 2. The molecule has 1 saturated heterocycles. The molecule has 1 aliphatic heterocycles. The number of amides is 1. The number of ether oxygens (including phenoxy) is 1. The molecule has 0 saturated carbocycles. The SMILES string of the molecule is O=C(/C=C/c1cc(C(F)(F)F)ccc1Cl)N1CCN(CCCOCC(F)(F)F)CC1. The Kier molecular flexibility index (Phi) is 8.57. The van der Waals surface area contributed by atoms with Crippen LogP contribution in [0.2, 0.25) is 5.02 Å². The highest BCUT2D eigenvalue weighted by Gasteiger charge is 2.31. The monoisotopic (exact) mass is 458 g/mol. The molecule has 2 rings (SSSR count). The lowest BCUT2D eigenvalue weighted by atomic mass is 10.1. The summed E-state index contributed by atoms with van der Waals surface area (Å²) in [6.45, 7) is 1.18. The van der Waals surface area contributed by atoms with Crippen LogP contribution in [-0.4, -0.2) is 67.8 Å². The maximum absolute atomic E-state index is 12.8. The Morgan fingerprint density at radius 1 is 1.10 bits per heavy atom. The second-order valence-corrected chi connectivity index (χ2v) is 7.16. The first-order chi connectivity index (χ1) is 14.0. The van der Waals surface area contributed by atoms with Gasteiger partial charge >= 0.3 is 12.4 Å². The summed E-state index contributed by atoms with van der Waals surface area (Å²) in [5.74, 6) is -0.350. The Bertz CT molecular complexity index is 744. The van der Waals surface area contributed by atoms with Crippen LogP contribution in [0.4, 0.5) is 26.3 Å². The molecule has 0 spiro atoms. The van der Waals surface area contributed by atoms with Gasteiger partial charge in [0.1, 0.15) is 6.61 Å². The number of carbonyl (C=O) groups excluding carboxylic acids is 1. The third-order valence-electron chi connectivity index (χ3n) is 4.44. The van der Waals surface area contributed by atoms with E-state index in [2.05, 4.69) is 4.74 Å². The second-order valence-electron chi connectivity index (χ2n) is 6.76. The molecule has 0 radical (unpaired) electrons. The highest BCUT2D eigenvalue weighted by molar-refractivity contribution is 6.32. The number of halogens is 7. The Hall–Kier alpha value is -1.78. The Balaban J connectivity index is 1.78. The fraction of sp³-hybridized carbons (Fsp3) is 0.526. The molecule has 0 atom stereocenters. The maximum atomic E-state index is 12.8. The summed E-state index contributed by atoms with van der Waals surface area (Å²) in [6, 6.07) is 2.88. The fourth-order valence-electron chi connectivity index (χ4n) is 2.88. The Morgan fingerprint density at radius 2 is 1.77 bits per heavy atom. The van der Waals surface area contributed by atoms with Gasteiger partial charge in [-0.25, -0.2) is 0 Å². The molecule has 0 aliphatic carbocycles. The quantitative estimate of drug-likeness (QED) is 0.343. The summed E-state index contributed by atoms with van der Waals surface area (Å²) < 4.78 is 78.9. The largest absolute Gasteiger partial charge is 0.416 e. The molecule has 1 aromatic rings. The van der Waals surface area contributed by atoms with Crippen LogP contribution in [0.15, 0.2) is 24.3 Å². The first-order valence-corrected chi connectivity index (χ1v) is 9.54. The number of carbonyl (C=O) groups is 1. The molecular formula is C19H21ClF6N2O2. The van der Waals surface area contributed by atoms with Crippen LogP contribution in [0.5, 0.6) is 0 Å². The fourth-order valence-corrected chi connectivity index (χ4v) is 3.06. The van der Waals surface area contributed by atoms with Gasteiger partial charge in [-0.2, -0.15) is 26.3 Å². The highest BCUT2D eigenvalue weighted by atomic mass is 35.5. The maximum Gasteiger partial charge on any atom is 0.416 e. The zero-order valence-electron chi connectivity index (χ0n) is 15.9. The van der Waals surface area contributed by atoms with Crippen molar-refractivity contribution in [3.05, 3.63) is 40.4 Å². The van der Waals surface area contributed by atoms with Crippen LogP contribution in [-0.2, 0) is 15.7 Å². The minimum atomic E-state index is -4.51. The normalized spacial score (nSPS) is 16.4. The van der Waals surface area contributed by atoms with Crippen LogP contribution in [0.3, 0.4) is 0 Å². The number of benzene rings is 1. The Labute approximate surface area is 175 Å². The molecular weight excluding hydrogens is 438 g/mol. The molecule has 1 aromatic carbocycles. The van der Waals surface area contributed by atoms with Crippen LogP contribution >= 0.6 is 11.6 Å². The zero-order valence-corrected chi connectivity index (χ0v) is 16.7. The van der Waals surface area contributed by atoms with Crippen molar-refractivity contribution in [3.63, 3.8) is 0 Å². The van der Waals surface area contributed by atoms with Gasteiger partial charge in [-0.15, -0.1) is 0 Å². The average Bonchev–Trinajstić information content (AvgIpc) is 2.65. The lowest BCUT2D eigenvalue weighted by Crippen LogP contribution is -2.48. The number of hydrogen-bond acceptors (Lipinski definition) is 3. The average molecular weight is 459 g/mol. The van der Waals surface area contributed by atoms with Gasteiger partial charge in [-0.1, -0.05) is 11.6 Å². The van der Waals surface area contributed by atoms with E-state index in [9.17, 15) is 31.1 Å². The predicted molar refractivity (Wildman–Crippen MR) is 100.0 cm³/mol. The van der Waals surface area contributed by atoms with Crippen LogP contribution in [0.1, 0.15) is 17.5 Å². The molecule has 1 heterocycles. The van der Waals surface area contributed by atoms with Crippen molar-refractivity contribution < 1.29 is 35.9 Å². The van der Waals surface area contributed by atoms with Crippen molar-refractivity contribution in [3.8, 4) is 0 Å². The van der Waals surface area contributed by atoms with Gasteiger partial charge in [0.25, 0.3) is 0 Å². The smallest absolute Gasteiger partial charge is 0.372 e. The van der Waals surface area contributed by atoms with Crippen LogP contribution < -0.4 is 0 Å². The van der Waals surface area contributed by atoms with Crippen molar-refractivity contribution in [2.24, 2.45) is 0 Å². The van der Waals surface area contributed by atoms with Gasteiger partial charge in [-0.3, -0.25) is 9.69 Å². The third-order valence-corrected chi connectivity index (χ3v) is 4.79. The van der Waals surface area contributed by atoms with Crippen molar-refractivity contribution in [1.29, 1.82) is 0 Å². The third kappa shape index (κ3) is 8.16. The summed E-state index contributed by atoms with van der Waals surface area (Å²) in [5.41, 5.74) is -0.760. The van der Waals surface area contributed by atoms with E-state index in [4.69, 9.17) is 11.6 Å². The summed E-state index contributed by atoms with van der Waals surface area (Å²) in [6.07, 6.45) is -5.96. The zero-order chi connectivity index (χ0) is 22.4. The minimum Gasteiger partial charge on any atom is -0.372 e. The lowest BCUT2D eigenvalue weighted by molar-refractivity contribution is -0.174. The molecule has 1 fully saturated rings. The molecule has 0 N–H and O–H groups in total. The molecule has 4 nitrogen and oxygen atoms in total. The van der Waals surface area contributed by atoms with E-state index >= 15 is 0 Å². The number of piperazine rings is 1. The van der Waals surface area contributed by atoms with E-state index < -0.39 is 24.5 Å². The van der Waals surface area contributed by atoms with E-state index in [-0.39, 0.29) is 23.1 Å². The lowest BCUT2D eigenvalue weighted by Gasteiger charge is -2.34. The number of rotatable bonds is 7. The van der Waals surface area contributed by atoms with Gasteiger partial charge in [0.15, 0.2) is 0 Å². The number of hydrogen-bond donors (Lipinski definition) is 0. The van der Waals surface area contributed by atoms with Gasteiger partial charge in [0.05, 0.1) is 5.56 Å². The molecule has 168 valence electrons. The Morgan fingerprint density at radius 3 is 2.37 bits per heavy atom. The van der Waals surface area contributed by atoms with E-state index in [0.29, 0.717) is 39.1 Å². The topological polar surface area (TPSA) is 32.8 Å². The second kappa shape index (κ2) is 10.5. The summed E-state index contributed by atoms with van der Waals surface area (Å²) >= 11 is 5.91. The van der Waals surface area contributed by atoms with Gasteiger partial charge in [0, 0.05) is 50.4 Å². The van der Waals surface area contributed by atoms with Crippen molar-refractivity contribution in [1.82, 2.24) is 9.80 Å². The molecule has 30 heavy (non-hydrogen) atoms. The van der Waals surface area contributed by atoms with Crippen molar-refractivity contribution >= 4 is 23.6 Å². The molecule has 0 bridgehead atoms. The van der Waals surface area contributed by atoms with E-state index in [0.717, 1.165) is 18.2 Å². The minimum absolute atomic E-state index is 0.000852. The van der Waals surface area contributed by atoms with Gasteiger partial charge in [-0.05, 0) is 36.3 Å². The van der Waals surface area contributed by atoms with Crippen LogP contribution in [0.25, 0.3) is 6.08 Å². The summed E-state index contributed by atoms with van der Waals surface area (Å²) in [5, 5.41) is 0.101. The molecule has 1 amide bonds. The molecule has 0 aromatic heterocycles. The molecule has 11 heteroatoms. The molecule has 0 unspecified atom stereocenters. The predicted octanol–water partition coefficient (Wildman–Crippen LogP) is 4.49. The van der Waals surface area contributed by atoms with Gasteiger partial charge in [0.2, 0.25) is 5.91 Å². The van der Waals surface area contributed by atoms with E-state index in [1.54, 1.807) is 4.90 Å². The van der Waals surface area contributed by atoms with Crippen LogP contribution in [0, 0.1) is 0 Å². The highest BCUT2D eigenvalue weighted by Crippen LogP contribution is 2.32. The summed E-state index contributed by atoms with van der Waals surface area (Å²) in [7, 11) is 0. The molecule has 1 aliphatic rings. The van der Waals surface area contributed by atoms with Crippen molar-refractivity contribution in [2.45, 2.75) is 18.8 Å².